The Balaban J connectivity index is 1.65. The van der Waals surface area contributed by atoms with E-state index in [9.17, 15) is 22.0 Å². The number of fused-ring (bicyclic) bond motifs is 3. The van der Waals surface area contributed by atoms with Gasteiger partial charge in [-0.15, -0.1) is 13.2 Å². The fourth-order valence-electron chi connectivity index (χ4n) is 4.15. The molecule has 0 aromatic heterocycles. The van der Waals surface area contributed by atoms with E-state index < -0.39 is 23.7 Å². The molecule has 4 aromatic carbocycles. The van der Waals surface area contributed by atoms with E-state index in [0.29, 0.717) is 5.56 Å². The van der Waals surface area contributed by atoms with Crippen LogP contribution >= 0.6 is 0 Å². The van der Waals surface area contributed by atoms with Gasteiger partial charge in [0, 0.05) is 0 Å². The Morgan fingerprint density at radius 2 is 1.33 bits per heavy atom. The van der Waals surface area contributed by atoms with Crippen molar-refractivity contribution in [1.82, 2.24) is 0 Å². The molecule has 6 heteroatoms. The maximum absolute atomic E-state index is 14.2. The van der Waals surface area contributed by atoms with Crippen molar-refractivity contribution in [3.05, 3.63) is 77.9 Å². The third-order valence-electron chi connectivity index (χ3n) is 5.77. The minimum atomic E-state index is -5.18. The average Bonchev–Trinajstić information content (AvgIpc) is 2.77. The maximum atomic E-state index is 14.2. The third kappa shape index (κ3) is 5.27. The van der Waals surface area contributed by atoms with Gasteiger partial charge in [0.05, 0.1) is 0 Å². The lowest BCUT2D eigenvalue weighted by molar-refractivity contribution is -0.276. The average molecular weight is 458 g/mol. The van der Waals surface area contributed by atoms with Gasteiger partial charge in [-0.3, -0.25) is 0 Å². The van der Waals surface area contributed by atoms with E-state index in [4.69, 9.17) is 0 Å². The number of rotatable bonds is 7. The zero-order valence-corrected chi connectivity index (χ0v) is 18.1. The van der Waals surface area contributed by atoms with Crippen LogP contribution in [0.2, 0.25) is 0 Å². The number of hydrogen-bond donors (Lipinski definition) is 0. The highest BCUT2D eigenvalue weighted by Crippen LogP contribution is 2.35. The van der Waals surface area contributed by atoms with E-state index in [-0.39, 0.29) is 5.56 Å². The van der Waals surface area contributed by atoms with Crippen LogP contribution < -0.4 is 4.74 Å². The van der Waals surface area contributed by atoms with E-state index in [0.717, 1.165) is 46.5 Å². The number of hydrogen-bond acceptors (Lipinski definition) is 1. The van der Waals surface area contributed by atoms with Gasteiger partial charge in [-0.1, -0.05) is 68.7 Å². The lowest BCUT2D eigenvalue weighted by atomic mass is 9.95. The summed E-state index contributed by atoms with van der Waals surface area (Å²) in [7, 11) is 0. The molecule has 0 spiro atoms. The normalized spacial score (nSPS) is 11.9. The Morgan fingerprint density at radius 3 is 1.97 bits per heavy atom. The van der Waals surface area contributed by atoms with Gasteiger partial charge in [-0.05, 0) is 69.3 Å². The Bertz CT molecular complexity index is 1270. The second-order valence-electron chi connectivity index (χ2n) is 8.18. The van der Waals surface area contributed by atoms with Crippen LogP contribution in [0.1, 0.15) is 38.2 Å². The molecule has 4 rings (SSSR count). The molecule has 33 heavy (non-hydrogen) atoms. The van der Waals surface area contributed by atoms with Crippen molar-refractivity contribution in [2.75, 3.05) is 0 Å². The van der Waals surface area contributed by atoms with Crippen LogP contribution in [0.4, 0.5) is 22.0 Å². The summed E-state index contributed by atoms with van der Waals surface area (Å²) in [6, 6.07) is 17.4. The second-order valence-corrected chi connectivity index (χ2v) is 8.18. The lowest BCUT2D eigenvalue weighted by Crippen LogP contribution is -2.19. The molecule has 0 saturated heterocycles. The first kappa shape index (κ1) is 23.0. The van der Waals surface area contributed by atoms with Crippen LogP contribution in [0.25, 0.3) is 32.7 Å². The van der Waals surface area contributed by atoms with E-state index in [1.54, 1.807) is 12.1 Å². The minimum Gasteiger partial charge on any atom is -0.399 e. The summed E-state index contributed by atoms with van der Waals surface area (Å²) in [5, 5.41) is 4.05. The monoisotopic (exact) mass is 458 g/mol. The topological polar surface area (TPSA) is 9.23 Å². The fraction of sp³-hybridized carbons (Fsp3) is 0.259. The fourth-order valence-corrected chi connectivity index (χ4v) is 4.15. The molecule has 0 atom stereocenters. The smallest absolute Gasteiger partial charge is 0.399 e. The first-order valence-electron chi connectivity index (χ1n) is 11.0. The number of alkyl halides is 3. The molecule has 0 saturated carbocycles. The number of benzene rings is 4. The van der Waals surface area contributed by atoms with Crippen molar-refractivity contribution in [2.45, 2.75) is 45.4 Å². The van der Waals surface area contributed by atoms with E-state index in [1.807, 2.05) is 18.2 Å². The van der Waals surface area contributed by atoms with Crippen LogP contribution in [0.15, 0.2) is 60.7 Å². The lowest BCUT2D eigenvalue weighted by Gasteiger charge is -2.13. The molecule has 1 nitrogen and oxygen atoms in total. The molecule has 4 aromatic rings. The number of halogens is 5. The van der Waals surface area contributed by atoms with Gasteiger partial charge < -0.3 is 4.74 Å². The van der Waals surface area contributed by atoms with Gasteiger partial charge in [0.15, 0.2) is 11.6 Å². The Labute approximate surface area is 188 Å². The van der Waals surface area contributed by atoms with Gasteiger partial charge in [0.25, 0.3) is 0 Å². The first-order chi connectivity index (χ1) is 15.7. The van der Waals surface area contributed by atoms with Crippen molar-refractivity contribution in [1.29, 1.82) is 0 Å². The highest BCUT2D eigenvalue weighted by molar-refractivity contribution is 6.08. The molecule has 0 N–H and O–H groups in total. The largest absolute Gasteiger partial charge is 0.573 e. The van der Waals surface area contributed by atoms with E-state index in [2.05, 4.69) is 29.9 Å². The Kier molecular flexibility index (Phi) is 6.54. The molecule has 0 radical (unpaired) electrons. The number of unbranched alkanes of at least 4 members (excludes halogenated alkanes) is 3. The summed E-state index contributed by atoms with van der Waals surface area (Å²) in [5.41, 5.74) is 1.91. The quantitative estimate of drug-likeness (QED) is 0.153. The van der Waals surface area contributed by atoms with Crippen molar-refractivity contribution in [3.63, 3.8) is 0 Å². The summed E-state index contributed by atoms with van der Waals surface area (Å²) in [6.07, 6.45) is 0.694. The number of aryl methyl sites for hydroxylation is 1. The van der Waals surface area contributed by atoms with Gasteiger partial charge in [0.2, 0.25) is 5.75 Å². The summed E-state index contributed by atoms with van der Waals surface area (Å²) in [5.74, 6) is -4.27. The minimum absolute atomic E-state index is 0.129. The van der Waals surface area contributed by atoms with Crippen LogP contribution in [0.3, 0.4) is 0 Å². The highest BCUT2D eigenvalue weighted by Gasteiger charge is 2.34. The summed E-state index contributed by atoms with van der Waals surface area (Å²) < 4.78 is 68.9. The molecular formula is C27H23F5O. The molecule has 0 aliphatic rings. The molecule has 0 bridgehead atoms. The zero-order valence-electron chi connectivity index (χ0n) is 18.1. The molecule has 0 amide bonds. The summed E-state index contributed by atoms with van der Waals surface area (Å²) in [4.78, 5) is 0. The van der Waals surface area contributed by atoms with Gasteiger partial charge in [-0.2, -0.15) is 0 Å². The van der Waals surface area contributed by atoms with Crippen molar-refractivity contribution in [2.24, 2.45) is 0 Å². The summed E-state index contributed by atoms with van der Waals surface area (Å²) in [6.45, 7) is 2.19. The van der Waals surface area contributed by atoms with Gasteiger partial charge in [0.1, 0.15) is 0 Å². The predicted molar refractivity (Wildman–Crippen MR) is 121 cm³/mol. The molecule has 172 valence electrons. The van der Waals surface area contributed by atoms with Crippen LogP contribution in [0.5, 0.6) is 5.75 Å². The van der Waals surface area contributed by atoms with Gasteiger partial charge >= 0.3 is 6.36 Å². The predicted octanol–water partition coefficient (Wildman–Crippen LogP) is 8.96. The Hall–Kier alpha value is -3.15. The molecular weight excluding hydrogens is 435 g/mol. The van der Waals surface area contributed by atoms with Crippen molar-refractivity contribution < 1.29 is 26.7 Å². The highest BCUT2D eigenvalue weighted by atomic mass is 19.4. The maximum Gasteiger partial charge on any atom is 0.573 e. The van der Waals surface area contributed by atoms with Crippen molar-refractivity contribution in [3.8, 4) is 16.9 Å². The molecule has 0 fully saturated rings. The molecule has 0 unspecified atom stereocenters. The SMILES string of the molecule is CCCCCCc1ccc2c(ccc3cc(-c4cc(F)c(OC(F)(F)F)c(F)c4)ccc32)c1. The standard InChI is InChI=1S/C27H23F5O/c1-2-3-4-5-6-17-7-11-22-19(13-17)8-9-20-14-18(10-12-23(20)22)21-15-24(28)26(25(29)16-21)33-27(30,31)32/h7-16H,2-6H2,1H3. The van der Waals surface area contributed by atoms with Gasteiger partial charge in [-0.25, -0.2) is 8.78 Å². The Morgan fingerprint density at radius 1 is 0.697 bits per heavy atom. The molecule has 0 aliphatic heterocycles. The third-order valence-corrected chi connectivity index (χ3v) is 5.77. The van der Waals surface area contributed by atoms with Crippen LogP contribution in [-0.4, -0.2) is 6.36 Å². The van der Waals surface area contributed by atoms with E-state index in [1.165, 1.54) is 24.8 Å². The molecule has 0 aliphatic carbocycles. The molecule has 0 heterocycles. The van der Waals surface area contributed by atoms with Crippen LogP contribution in [-0.2, 0) is 6.42 Å². The second kappa shape index (κ2) is 9.38. The van der Waals surface area contributed by atoms with E-state index >= 15 is 0 Å². The number of ether oxygens (including phenoxy) is 1. The van der Waals surface area contributed by atoms with Crippen molar-refractivity contribution >= 4 is 21.5 Å². The zero-order chi connectivity index (χ0) is 23.6. The first-order valence-corrected chi connectivity index (χ1v) is 11.0. The summed E-state index contributed by atoms with van der Waals surface area (Å²) >= 11 is 0. The van der Waals surface area contributed by atoms with Crippen LogP contribution in [0, 0.1) is 11.6 Å².